The van der Waals surface area contributed by atoms with E-state index < -0.39 is 0 Å². The van der Waals surface area contributed by atoms with Crippen LogP contribution < -0.4 is 0 Å². The van der Waals surface area contributed by atoms with E-state index in [0.29, 0.717) is 0 Å². The van der Waals surface area contributed by atoms with E-state index in [1.54, 1.807) is 0 Å². The highest BCUT2D eigenvalue weighted by Gasteiger charge is 2.25. The van der Waals surface area contributed by atoms with Crippen LogP contribution in [0.4, 0.5) is 0 Å². The standard InChI is InChI=1S/C23H27NO2/c1-16(2)22-21(23(26)18-9-5-4-6-10-18)19-15-17(3)11-12-20(19)24(22)13-7-8-14-25/h4-6,9-12,15-16,25H,7-8,13-14H2,1-3H3. The van der Waals surface area contributed by atoms with Gasteiger partial charge in [0.05, 0.1) is 5.56 Å². The topological polar surface area (TPSA) is 42.2 Å². The molecule has 3 heteroatoms. The van der Waals surface area contributed by atoms with Crippen LogP contribution in [0.2, 0.25) is 0 Å². The van der Waals surface area contributed by atoms with E-state index in [1.807, 2.05) is 30.3 Å². The Morgan fingerprint density at radius 1 is 1.08 bits per heavy atom. The lowest BCUT2D eigenvalue weighted by atomic mass is 9.95. The van der Waals surface area contributed by atoms with Gasteiger partial charge in [0.25, 0.3) is 0 Å². The number of fused-ring (bicyclic) bond motifs is 1. The molecule has 3 rings (SSSR count). The fraction of sp³-hybridized carbons (Fsp3) is 0.348. The summed E-state index contributed by atoms with van der Waals surface area (Å²) in [6.07, 6.45) is 1.66. The molecule has 1 N–H and O–H groups in total. The zero-order valence-corrected chi connectivity index (χ0v) is 15.8. The molecule has 0 aliphatic carbocycles. The number of aryl methyl sites for hydroxylation is 2. The van der Waals surface area contributed by atoms with Crippen molar-refractivity contribution >= 4 is 16.7 Å². The minimum absolute atomic E-state index is 0.0887. The highest BCUT2D eigenvalue weighted by Crippen LogP contribution is 2.34. The number of carbonyl (C=O) groups excluding carboxylic acids is 1. The maximum atomic E-state index is 13.4. The van der Waals surface area contributed by atoms with Gasteiger partial charge in [0.15, 0.2) is 5.78 Å². The molecule has 0 spiro atoms. The first-order valence-corrected chi connectivity index (χ1v) is 9.38. The largest absolute Gasteiger partial charge is 0.396 e. The van der Waals surface area contributed by atoms with Crippen LogP contribution in [-0.2, 0) is 6.54 Å². The molecule has 0 aliphatic rings. The Labute approximate surface area is 155 Å². The van der Waals surface area contributed by atoms with Gasteiger partial charge < -0.3 is 9.67 Å². The van der Waals surface area contributed by atoms with Crippen molar-refractivity contribution in [3.8, 4) is 0 Å². The van der Waals surface area contributed by atoms with Crippen LogP contribution in [0.1, 0.15) is 59.8 Å². The third-order valence-electron chi connectivity index (χ3n) is 4.86. The Balaban J connectivity index is 2.24. The molecule has 0 radical (unpaired) electrons. The molecular weight excluding hydrogens is 322 g/mol. The first-order valence-electron chi connectivity index (χ1n) is 9.38. The predicted molar refractivity (Wildman–Crippen MR) is 107 cm³/mol. The molecule has 2 aromatic carbocycles. The molecule has 3 nitrogen and oxygen atoms in total. The number of benzene rings is 2. The van der Waals surface area contributed by atoms with Gasteiger partial charge in [-0.05, 0) is 37.8 Å². The molecule has 26 heavy (non-hydrogen) atoms. The average molecular weight is 349 g/mol. The number of ketones is 1. The Morgan fingerprint density at radius 2 is 1.81 bits per heavy atom. The third-order valence-corrected chi connectivity index (χ3v) is 4.86. The summed E-state index contributed by atoms with van der Waals surface area (Å²) in [6, 6.07) is 15.9. The number of carbonyl (C=O) groups is 1. The Kier molecular flexibility index (Phi) is 5.58. The summed E-state index contributed by atoms with van der Waals surface area (Å²) in [6.45, 7) is 7.37. The van der Waals surface area contributed by atoms with Gasteiger partial charge in [-0.15, -0.1) is 0 Å². The average Bonchev–Trinajstić information content (AvgIpc) is 2.96. The molecule has 0 bridgehead atoms. The molecular formula is C23H27NO2. The Hall–Kier alpha value is -2.39. The first kappa shape index (κ1) is 18.4. The number of hydrogen-bond acceptors (Lipinski definition) is 2. The highest BCUT2D eigenvalue weighted by atomic mass is 16.2. The van der Waals surface area contributed by atoms with Crippen LogP contribution in [0, 0.1) is 6.92 Å². The minimum atomic E-state index is 0.0887. The zero-order valence-electron chi connectivity index (χ0n) is 15.8. The maximum absolute atomic E-state index is 13.4. The van der Waals surface area contributed by atoms with Gasteiger partial charge in [-0.25, -0.2) is 0 Å². The smallest absolute Gasteiger partial charge is 0.195 e. The summed E-state index contributed by atoms with van der Waals surface area (Å²) in [5, 5.41) is 10.2. The molecule has 0 saturated carbocycles. The minimum Gasteiger partial charge on any atom is -0.396 e. The van der Waals surface area contributed by atoms with Crippen molar-refractivity contribution < 1.29 is 9.90 Å². The fourth-order valence-corrected chi connectivity index (χ4v) is 3.68. The number of hydrogen-bond donors (Lipinski definition) is 1. The quantitative estimate of drug-likeness (QED) is 0.477. The molecule has 0 amide bonds. The summed E-state index contributed by atoms with van der Waals surface area (Å²) >= 11 is 0. The normalized spacial score (nSPS) is 11.4. The van der Waals surface area contributed by atoms with E-state index >= 15 is 0 Å². The van der Waals surface area contributed by atoms with Crippen LogP contribution in [0.3, 0.4) is 0 Å². The van der Waals surface area contributed by atoms with Gasteiger partial charge in [0, 0.05) is 35.3 Å². The molecule has 1 heterocycles. The molecule has 0 atom stereocenters. The van der Waals surface area contributed by atoms with E-state index in [1.165, 1.54) is 0 Å². The van der Waals surface area contributed by atoms with Gasteiger partial charge in [-0.1, -0.05) is 55.8 Å². The summed E-state index contributed by atoms with van der Waals surface area (Å²) in [5.74, 6) is 0.324. The summed E-state index contributed by atoms with van der Waals surface area (Å²) in [7, 11) is 0. The van der Waals surface area contributed by atoms with Crippen LogP contribution >= 0.6 is 0 Å². The number of nitrogens with zero attached hydrogens (tertiary/aromatic N) is 1. The van der Waals surface area contributed by atoms with Crippen LogP contribution in [-0.4, -0.2) is 22.1 Å². The van der Waals surface area contributed by atoms with Crippen LogP contribution in [0.25, 0.3) is 10.9 Å². The maximum Gasteiger partial charge on any atom is 0.195 e. The first-order chi connectivity index (χ1) is 12.5. The number of aliphatic hydroxyl groups is 1. The molecule has 3 aromatic rings. The van der Waals surface area contributed by atoms with Crippen molar-refractivity contribution in [1.82, 2.24) is 4.57 Å². The van der Waals surface area contributed by atoms with E-state index in [9.17, 15) is 4.79 Å². The fourth-order valence-electron chi connectivity index (χ4n) is 3.68. The van der Waals surface area contributed by atoms with Crippen molar-refractivity contribution in [2.24, 2.45) is 0 Å². The second-order valence-corrected chi connectivity index (χ2v) is 7.21. The predicted octanol–water partition coefficient (Wildman–Crippen LogP) is 5.08. The molecule has 0 aliphatic heterocycles. The Morgan fingerprint density at radius 3 is 2.46 bits per heavy atom. The van der Waals surface area contributed by atoms with Crippen molar-refractivity contribution in [2.75, 3.05) is 6.61 Å². The van der Waals surface area contributed by atoms with Crippen LogP contribution in [0.5, 0.6) is 0 Å². The lowest BCUT2D eigenvalue weighted by molar-refractivity contribution is 0.103. The summed E-state index contributed by atoms with van der Waals surface area (Å²) in [5.41, 5.74) is 4.91. The van der Waals surface area contributed by atoms with Gasteiger partial charge in [-0.2, -0.15) is 0 Å². The highest BCUT2D eigenvalue weighted by molar-refractivity contribution is 6.17. The third kappa shape index (κ3) is 3.45. The van der Waals surface area contributed by atoms with E-state index in [-0.39, 0.29) is 18.3 Å². The summed E-state index contributed by atoms with van der Waals surface area (Å²) in [4.78, 5) is 13.4. The van der Waals surface area contributed by atoms with Gasteiger partial charge >= 0.3 is 0 Å². The van der Waals surface area contributed by atoms with Gasteiger partial charge in [-0.3, -0.25) is 4.79 Å². The number of aromatic nitrogens is 1. The number of unbranched alkanes of at least 4 members (excludes halogenated alkanes) is 1. The Bertz CT molecular complexity index is 907. The lowest BCUT2D eigenvalue weighted by Gasteiger charge is -2.15. The van der Waals surface area contributed by atoms with Crippen molar-refractivity contribution in [3.63, 3.8) is 0 Å². The monoisotopic (exact) mass is 349 g/mol. The molecule has 0 saturated heterocycles. The SMILES string of the molecule is Cc1ccc2c(c1)c(C(=O)c1ccccc1)c(C(C)C)n2CCCCO. The second-order valence-electron chi connectivity index (χ2n) is 7.21. The van der Waals surface area contributed by atoms with Gasteiger partial charge in [0.1, 0.15) is 0 Å². The zero-order chi connectivity index (χ0) is 18.7. The second kappa shape index (κ2) is 7.88. The molecule has 136 valence electrons. The van der Waals surface area contributed by atoms with Gasteiger partial charge in [0.2, 0.25) is 0 Å². The van der Waals surface area contributed by atoms with Crippen molar-refractivity contribution in [3.05, 3.63) is 70.9 Å². The van der Waals surface area contributed by atoms with Crippen molar-refractivity contribution in [2.45, 2.75) is 46.1 Å². The van der Waals surface area contributed by atoms with Crippen LogP contribution in [0.15, 0.2) is 48.5 Å². The molecule has 0 unspecified atom stereocenters. The summed E-state index contributed by atoms with van der Waals surface area (Å²) < 4.78 is 2.28. The van der Waals surface area contributed by atoms with Crippen molar-refractivity contribution in [1.29, 1.82) is 0 Å². The van der Waals surface area contributed by atoms with E-state index in [2.05, 4.69) is 43.5 Å². The number of rotatable bonds is 7. The number of aliphatic hydroxyl groups excluding tert-OH is 1. The lowest BCUT2D eigenvalue weighted by Crippen LogP contribution is -2.10. The molecule has 1 aromatic heterocycles. The van der Waals surface area contributed by atoms with E-state index in [0.717, 1.165) is 52.7 Å². The van der Waals surface area contributed by atoms with E-state index in [4.69, 9.17) is 5.11 Å². The molecule has 0 fully saturated rings.